The highest BCUT2D eigenvalue weighted by molar-refractivity contribution is 7.94. The fourth-order valence-corrected chi connectivity index (χ4v) is 7.62. The van der Waals surface area contributed by atoms with Crippen LogP contribution in [-0.4, -0.2) is 35.6 Å². The zero-order valence-corrected chi connectivity index (χ0v) is 23.0. The van der Waals surface area contributed by atoms with E-state index in [-0.39, 0.29) is 0 Å². The molecule has 0 amide bonds. The Bertz CT molecular complexity index is 1210. The van der Waals surface area contributed by atoms with Crippen molar-refractivity contribution in [2.45, 2.75) is 94.7 Å². The van der Waals surface area contributed by atoms with Crippen molar-refractivity contribution in [1.29, 1.82) is 0 Å². The molecule has 4 unspecified atom stereocenters. The first-order valence-electron chi connectivity index (χ1n) is 13.8. The molecule has 200 valence electrons. The predicted octanol–water partition coefficient (Wildman–Crippen LogP) is 5.54. The largest absolute Gasteiger partial charge is 0.388 e. The number of ketones is 2. The summed E-state index contributed by atoms with van der Waals surface area (Å²) in [6, 6.07) is 15.2. The molecule has 0 bridgehead atoms. The number of sulfone groups is 1. The van der Waals surface area contributed by atoms with Crippen LogP contribution in [0.4, 0.5) is 0 Å². The first-order chi connectivity index (χ1) is 17.6. The predicted molar refractivity (Wildman–Crippen MR) is 146 cm³/mol. The lowest BCUT2D eigenvalue weighted by atomic mass is 9.82. The number of carbonyl (C=O) groups excluding carboxylic acids is 2. The van der Waals surface area contributed by atoms with Gasteiger partial charge in [0.2, 0.25) is 0 Å². The van der Waals surface area contributed by atoms with Gasteiger partial charge in [0.25, 0.3) is 0 Å². The molecule has 6 heteroatoms. The van der Waals surface area contributed by atoms with Gasteiger partial charge >= 0.3 is 0 Å². The zero-order valence-electron chi connectivity index (χ0n) is 22.2. The van der Waals surface area contributed by atoms with Crippen LogP contribution < -0.4 is 0 Å². The summed E-state index contributed by atoms with van der Waals surface area (Å²) < 4.78 is 26.2. The summed E-state index contributed by atoms with van der Waals surface area (Å²) in [5.74, 6) is -2.04. The van der Waals surface area contributed by atoms with E-state index in [1.165, 1.54) is 33.1 Å². The molecule has 0 aromatic heterocycles. The maximum atomic E-state index is 13.6. The van der Waals surface area contributed by atoms with Gasteiger partial charge in [-0.25, -0.2) is 8.42 Å². The van der Waals surface area contributed by atoms with E-state index in [1.54, 1.807) is 12.1 Å². The molecule has 2 saturated carbocycles. The van der Waals surface area contributed by atoms with Gasteiger partial charge in [0.05, 0.1) is 17.3 Å². The topological polar surface area (TPSA) is 88.5 Å². The quantitative estimate of drug-likeness (QED) is 0.435. The Morgan fingerprint density at radius 1 is 0.919 bits per heavy atom. The third-order valence-corrected chi connectivity index (χ3v) is 10.8. The second-order valence-electron chi connectivity index (χ2n) is 11.2. The lowest BCUT2D eigenvalue weighted by molar-refractivity contribution is -0.122. The number of benzene rings is 2. The molecule has 37 heavy (non-hydrogen) atoms. The molecular weight excluding hydrogens is 484 g/mol. The van der Waals surface area contributed by atoms with Gasteiger partial charge in [-0.2, -0.15) is 0 Å². The molecule has 0 radical (unpaired) electrons. The molecule has 2 aromatic carbocycles. The van der Waals surface area contributed by atoms with Gasteiger partial charge in [0.15, 0.2) is 26.7 Å². The number of hydrogen-bond donors (Lipinski definition) is 1. The lowest BCUT2D eigenvalue weighted by Crippen LogP contribution is -2.38. The van der Waals surface area contributed by atoms with Crippen molar-refractivity contribution >= 4 is 21.4 Å². The second-order valence-corrected chi connectivity index (χ2v) is 13.8. The molecule has 2 aliphatic carbocycles. The summed E-state index contributed by atoms with van der Waals surface area (Å²) in [5, 5.41) is 8.40. The smallest absolute Gasteiger partial charge is 0.179 e. The maximum Gasteiger partial charge on any atom is 0.179 e. The number of aliphatic hydroxyl groups excluding tert-OH is 1. The first kappa shape index (κ1) is 27.7. The summed E-state index contributed by atoms with van der Waals surface area (Å²) in [7, 11) is -3.93. The molecule has 2 aliphatic rings. The normalized spacial score (nSPS) is 24.1. The van der Waals surface area contributed by atoms with Crippen molar-refractivity contribution in [1.82, 2.24) is 0 Å². The highest BCUT2D eigenvalue weighted by Crippen LogP contribution is 2.41. The van der Waals surface area contributed by atoms with Gasteiger partial charge in [-0.15, -0.1) is 0 Å². The van der Waals surface area contributed by atoms with E-state index in [0.717, 1.165) is 42.4 Å². The minimum absolute atomic E-state index is 0.319. The second kappa shape index (κ2) is 11.6. The Hall–Kier alpha value is -2.31. The van der Waals surface area contributed by atoms with Gasteiger partial charge in [-0.05, 0) is 61.3 Å². The Labute approximate surface area is 221 Å². The lowest BCUT2D eigenvalue weighted by Gasteiger charge is -2.24. The number of aliphatic hydroxyl groups is 1. The van der Waals surface area contributed by atoms with Gasteiger partial charge in [0, 0.05) is 5.92 Å². The van der Waals surface area contributed by atoms with Crippen molar-refractivity contribution < 1.29 is 23.1 Å². The third-order valence-electron chi connectivity index (χ3n) is 8.39. The molecule has 0 spiro atoms. The van der Waals surface area contributed by atoms with Gasteiger partial charge in [-0.1, -0.05) is 87.6 Å². The summed E-state index contributed by atoms with van der Waals surface area (Å²) >= 11 is 0. The number of carbonyl (C=O) groups is 2. The van der Waals surface area contributed by atoms with Gasteiger partial charge in [0.1, 0.15) is 0 Å². The minimum atomic E-state index is -3.93. The van der Waals surface area contributed by atoms with Gasteiger partial charge in [-0.3, -0.25) is 9.59 Å². The summed E-state index contributed by atoms with van der Waals surface area (Å²) in [6.45, 7) is 5.10. The average Bonchev–Trinajstić information content (AvgIpc) is 3.14. The van der Waals surface area contributed by atoms with Crippen molar-refractivity contribution in [3.63, 3.8) is 0 Å². The first-order valence-corrected chi connectivity index (χ1v) is 15.4. The Morgan fingerprint density at radius 2 is 1.57 bits per heavy atom. The van der Waals surface area contributed by atoms with Crippen molar-refractivity contribution in [2.24, 2.45) is 11.8 Å². The van der Waals surface area contributed by atoms with Crippen LogP contribution >= 0.6 is 0 Å². The van der Waals surface area contributed by atoms with E-state index in [2.05, 4.69) is 6.92 Å². The van der Waals surface area contributed by atoms with Crippen LogP contribution in [0.25, 0.3) is 0 Å². The van der Waals surface area contributed by atoms with Crippen molar-refractivity contribution in [3.05, 3.63) is 70.8 Å². The van der Waals surface area contributed by atoms with E-state index in [0.29, 0.717) is 17.9 Å². The van der Waals surface area contributed by atoms with Crippen LogP contribution in [0.1, 0.15) is 93.6 Å². The Kier molecular flexibility index (Phi) is 8.70. The van der Waals surface area contributed by atoms with E-state index >= 15 is 0 Å². The highest BCUT2D eigenvalue weighted by atomic mass is 32.2. The van der Waals surface area contributed by atoms with Gasteiger partial charge < -0.3 is 5.11 Å². The Balaban J connectivity index is 1.63. The molecule has 4 rings (SSSR count). The monoisotopic (exact) mass is 524 g/mol. The van der Waals surface area contributed by atoms with Crippen LogP contribution in [0.5, 0.6) is 0 Å². The van der Waals surface area contributed by atoms with Crippen molar-refractivity contribution in [2.75, 3.05) is 0 Å². The standard InChI is InChI=1S/C31H40O5S/c1-4-21-11-8-12-23(17-21)18-26-28(30(34)31(29(26)33)37(35,36)20(2)3)25-15-13-24(14-16-25)27(32)19-22-9-6-5-7-10-22/h8,11-17,20,22,26-28,31-32H,4-7,9-10,18-19H2,1-3H3. The molecule has 0 aliphatic heterocycles. The van der Waals surface area contributed by atoms with Crippen LogP contribution in [0.2, 0.25) is 0 Å². The molecule has 1 N–H and O–H groups in total. The number of Topliss-reactive ketones (excluding diaryl/α,β-unsaturated/α-hetero) is 2. The molecule has 5 nitrogen and oxygen atoms in total. The number of aryl methyl sites for hydroxylation is 1. The summed E-state index contributed by atoms with van der Waals surface area (Å²) in [4.78, 5) is 27.2. The van der Waals surface area contributed by atoms with E-state index in [4.69, 9.17) is 0 Å². The summed E-state index contributed by atoms with van der Waals surface area (Å²) in [5.41, 5.74) is 3.50. The van der Waals surface area contributed by atoms with Crippen LogP contribution in [0.15, 0.2) is 48.5 Å². The number of rotatable bonds is 9. The van der Waals surface area contributed by atoms with Crippen LogP contribution in [0, 0.1) is 11.8 Å². The van der Waals surface area contributed by atoms with Crippen LogP contribution in [-0.2, 0) is 32.3 Å². The maximum absolute atomic E-state index is 13.6. The molecule has 4 atom stereocenters. The summed E-state index contributed by atoms with van der Waals surface area (Å²) in [6.07, 6.45) is 7.34. The number of hydrogen-bond acceptors (Lipinski definition) is 5. The molecule has 2 fully saturated rings. The van der Waals surface area contributed by atoms with E-state index in [9.17, 15) is 23.1 Å². The molecular formula is C31H40O5S. The van der Waals surface area contributed by atoms with E-state index < -0.39 is 49.8 Å². The third kappa shape index (κ3) is 5.91. The average molecular weight is 525 g/mol. The SMILES string of the molecule is CCc1cccc(CC2C(=O)C(S(=O)(=O)C(C)C)C(=O)C2c2ccc(C(O)CC3CCCCC3)cc2)c1. The van der Waals surface area contributed by atoms with E-state index in [1.807, 2.05) is 36.4 Å². The fraction of sp³-hybridized carbons (Fsp3) is 0.548. The Morgan fingerprint density at radius 3 is 2.19 bits per heavy atom. The van der Waals surface area contributed by atoms with Crippen molar-refractivity contribution in [3.8, 4) is 0 Å². The highest BCUT2D eigenvalue weighted by Gasteiger charge is 2.55. The zero-order chi connectivity index (χ0) is 26.7. The van der Waals surface area contributed by atoms with Crippen LogP contribution in [0.3, 0.4) is 0 Å². The fourth-order valence-electron chi connectivity index (χ4n) is 6.10. The molecule has 0 heterocycles. The minimum Gasteiger partial charge on any atom is -0.388 e. The molecule has 0 saturated heterocycles. The molecule has 2 aromatic rings.